The Kier molecular flexibility index (Phi) is 5.17. The Bertz CT molecular complexity index is 540. The van der Waals surface area contributed by atoms with Crippen LogP contribution in [0.5, 0.6) is 0 Å². The third-order valence-corrected chi connectivity index (χ3v) is 6.63. The van der Waals surface area contributed by atoms with Gasteiger partial charge in [-0.3, -0.25) is 4.79 Å². The van der Waals surface area contributed by atoms with Gasteiger partial charge in [-0.05, 0) is 30.7 Å². The molecule has 0 spiro atoms. The fourth-order valence-corrected chi connectivity index (χ4v) is 4.97. The van der Waals surface area contributed by atoms with Crippen LogP contribution >= 0.6 is 11.3 Å². The van der Waals surface area contributed by atoms with Gasteiger partial charge in [0.2, 0.25) is 5.91 Å². The molecular formula is C13H20N2O3S2. The van der Waals surface area contributed by atoms with E-state index < -0.39 is 10.0 Å². The van der Waals surface area contributed by atoms with E-state index in [1.165, 1.54) is 15.6 Å². The smallest absolute Gasteiger partial charge is 0.252 e. The van der Waals surface area contributed by atoms with Gasteiger partial charge in [0.05, 0.1) is 5.92 Å². The molecule has 2 rings (SSSR count). The average Bonchev–Trinajstić information content (AvgIpc) is 2.99. The van der Waals surface area contributed by atoms with Crippen molar-refractivity contribution >= 4 is 27.3 Å². The summed E-state index contributed by atoms with van der Waals surface area (Å²) in [5.41, 5.74) is 0. The van der Waals surface area contributed by atoms with Crippen LogP contribution in [-0.4, -0.2) is 38.3 Å². The number of piperidine rings is 1. The number of nitrogens with zero attached hydrogens (tertiary/aromatic N) is 1. The van der Waals surface area contributed by atoms with Gasteiger partial charge in [-0.15, -0.1) is 11.3 Å². The number of amides is 1. The van der Waals surface area contributed by atoms with Gasteiger partial charge in [-0.25, -0.2) is 8.42 Å². The van der Waals surface area contributed by atoms with Gasteiger partial charge in [0.25, 0.3) is 10.0 Å². The predicted octanol–water partition coefficient (Wildman–Crippen LogP) is 1.67. The average molecular weight is 316 g/mol. The minimum Gasteiger partial charge on any atom is -0.356 e. The number of hydrogen-bond acceptors (Lipinski definition) is 4. The van der Waals surface area contributed by atoms with Crippen LogP contribution in [0.1, 0.15) is 26.2 Å². The molecule has 1 N–H and O–H groups in total. The van der Waals surface area contributed by atoms with Crippen molar-refractivity contribution in [2.45, 2.75) is 30.4 Å². The van der Waals surface area contributed by atoms with Crippen LogP contribution in [0.25, 0.3) is 0 Å². The van der Waals surface area contributed by atoms with E-state index in [9.17, 15) is 13.2 Å². The Morgan fingerprint density at radius 2 is 2.35 bits per heavy atom. The number of thiophene rings is 1. The van der Waals surface area contributed by atoms with Crippen LogP contribution in [0, 0.1) is 5.92 Å². The van der Waals surface area contributed by atoms with E-state index in [0.717, 1.165) is 19.3 Å². The molecule has 0 radical (unpaired) electrons. The molecule has 1 aliphatic rings. The first-order chi connectivity index (χ1) is 9.55. The van der Waals surface area contributed by atoms with E-state index in [-0.39, 0.29) is 18.4 Å². The Morgan fingerprint density at radius 3 is 3.00 bits per heavy atom. The monoisotopic (exact) mass is 316 g/mol. The summed E-state index contributed by atoms with van der Waals surface area (Å²) < 4.78 is 26.7. The lowest BCUT2D eigenvalue weighted by Gasteiger charge is -2.30. The lowest BCUT2D eigenvalue weighted by molar-refractivity contribution is -0.126. The molecule has 7 heteroatoms. The second-order valence-corrected chi connectivity index (χ2v) is 8.04. The summed E-state index contributed by atoms with van der Waals surface area (Å²) in [5.74, 6) is -0.261. The molecule has 0 aromatic carbocycles. The van der Waals surface area contributed by atoms with E-state index in [1.807, 2.05) is 6.92 Å². The molecule has 5 nitrogen and oxygen atoms in total. The summed E-state index contributed by atoms with van der Waals surface area (Å²) in [7, 11) is -3.43. The van der Waals surface area contributed by atoms with E-state index >= 15 is 0 Å². The van der Waals surface area contributed by atoms with Crippen LogP contribution in [-0.2, 0) is 14.8 Å². The highest BCUT2D eigenvalue weighted by Gasteiger charge is 2.33. The summed E-state index contributed by atoms with van der Waals surface area (Å²) in [6, 6.07) is 3.34. The van der Waals surface area contributed by atoms with Crippen LogP contribution in [0.2, 0.25) is 0 Å². The van der Waals surface area contributed by atoms with Crippen molar-refractivity contribution in [2.75, 3.05) is 19.6 Å². The molecule has 1 aromatic heterocycles. The van der Waals surface area contributed by atoms with Gasteiger partial charge in [-0.1, -0.05) is 13.0 Å². The van der Waals surface area contributed by atoms with E-state index in [0.29, 0.717) is 17.3 Å². The second kappa shape index (κ2) is 6.69. The summed E-state index contributed by atoms with van der Waals surface area (Å²) in [5, 5.41) is 4.60. The molecule has 1 fully saturated rings. The lowest BCUT2D eigenvalue weighted by Crippen LogP contribution is -2.45. The number of nitrogens with one attached hydrogen (secondary N) is 1. The van der Waals surface area contributed by atoms with Gasteiger partial charge < -0.3 is 5.32 Å². The number of carbonyl (C=O) groups is 1. The first-order valence-electron chi connectivity index (χ1n) is 6.87. The number of hydrogen-bond donors (Lipinski definition) is 1. The molecule has 1 unspecified atom stereocenters. The zero-order chi connectivity index (χ0) is 14.6. The number of sulfonamides is 1. The Hall–Kier alpha value is -0.920. The predicted molar refractivity (Wildman–Crippen MR) is 79.1 cm³/mol. The summed E-state index contributed by atoms with van der Waals surface area (Å²) in [6.45, 7) is 3.43. The van der Waals surface area contributed by atoms with Gasteiger partial charge in [0, 0.05) is 19.6 Å². The SMILES string of the molecule is CCCNC(=O)C1CCCN(S(=O)(=O)c2cccs2)C1. The Labute approximate surface area is 124 Å². The molecule has 1 aromatic rings. The Morgan fingerprint density at radius 1 is 1.55 bits per heavy atom. The maximum absolute atomic E-state index is 12.4. The highest BCUT2D eigenvalue weighted by atomic mass is 32.2. The fraction of sp³-hybridized carbons (Fsp3) is 0.615. The molecule has 2 heterocycles. The van der Waals surface area contributed by atoms with Crippen molar-refractivity contribution < 1.29 is 13.2 Å². The third kappa shape index (κ3) is 3.39. The van der Waals surface area contributed by atoms with Crippen molar-refractivity contribution in [1.82, 2.24) is 9.62 Å². The quantitative estimate of drug-likeness (QED) is 0.898. The van der Waals surface area contributed by atoms with Crippen molar-refractivity contribution in [1.29, 1.82) is 0 Å². The second-order valence-electron chi connectivity index (χ2n) is 4.93. The van der Waals surface area contributed by atoms with Gasteiger partial charge in [0.1, 0.15) is 4.21 Å². The van der Waals surface area contributed by atoms with Crippen LogP contribution < -0.4 is 5.32 Å². The van der Waals surface area contributed by atoms with Crippen LogP contribution in [0.4, 0.5) is 0 Å². The minimum atomic E-state index is -3.43. The lowest BCUT2D eigenvalue weighted by atomic mass is 9.99. The molecule has 1 aliphatic heterocycles. The zero-order valence-corrected chi connectivity index (χ0v) is 13.2. The molecule has 1 amide bonds. The fourth-order valence-electron chi connectivity index (χ4n) is 2.30. The van der Waals surface area contributed by atoms with Gasteiger partial charge in [0.15, 0.2) is 0 Å². The number of carbonyl (C=O) groups excluding carboxylic acids is 1. The molecular weight excluding hydrogens is 296 g/mol. The van der Waals surface area contributed by atoms with E-state index in [2.05, 4.69) is 5.32 Å². The largest absolute Gasteiger partial charge is 0.356 e. The van der Waals surface area contributed by atoms with E-state index in [1.54, 1.807) is 17.5 Å². The first kappa shape index (κ1) is 15.5. The maximum Gasteiger partial charge on any atom is 0.252 e. The summed E-state index contributed by atoms with van der Waals surface area (Å²) in [6.07, 6.45) is 2.37. The highest BCUT2D eigenvalue weighted by Crippen LogP contribution is 2.26. The minimum absolute atomic E-state index is 0.0297. The maximum atomic E-state index is 12.4. The standard InChI is InChI=1S/C13H20N2O3S2/c1-2-7-14-13(16)11-5-3-8-15(10-11)20(17,18)12-6-4-9-19-12/h4,6,9,11H,2-3,5,7-8,10H2,1H3,(H,14,16). The van der Waals surface area contributed by atoms with Crippen LogP contribution in [0.3, 0.4) is 0 Å². The molecule has 1 atom stereocenters. The van der Waals surface area contributed by atoms with E-state index in [4.69, 9.17) is 0 Å². The van der Waals surface area contributed by atoms with Gasteiger partial charge in [-0.2, -0.15) is 4.31 Å². The Balaban J connectivity index is 2.05. The van der Waals surface area contributed by atoms with Gasteiger partial charge >= 0.3 is 0 Å². The third-order valence-electron chi connectivity index (χ3n) is 3.39. The topological polar surface area (TPSA) is 66.5 Å². The van der Waals surface area contributed by atoms with Crippen molar-refractivity contribution in [3.8, 4) is 0 Å². The van der Waals surface area contributed by atoms with Crippen molar-refractivity contribution in [3.63, 3.8) is 0 Å². The molecule has 0 aliphatic carbocycles. The summed E-state index contributed by atoms with van der Waals surface area (Å²) >= 11 is 1.22. The molecule has 20 heavy (non-hydrogen) atoms. The first-order valence-corrected chi connectivity index (χ1v) is 9.19. The molecule has 1 saturated heterocycles. The number of rotatable bonds is 5. The zero-order valence-electron chi connectivity index (χ0n) is 11.5. The van der Waals surface area contributed by atoms with Crippen molar-refractivity contribution in [2.24, 2.45) is 5.92 Å². The molecule has 112 valence electrons. The van der Waals surface area contributed by atoms with Crippen LogP contribution in [0.15, 0.2) is 21.7 Å². The highest BCUT2D eigenvalue weighted by molar-refractivity contribution is 7.91. The normalized spacial score (nSPS) is 20.8. The molecule has 0 bridgehead atoms. The molecule has 0 saturated carbocycles. The van der Waals surface area contributed by atoms with Crippen molar-refractivity contribution in [3.05, 3.63) is 17.5 Å². The summed E-state index contributed by atoms with van der Waals surface area (Å²) in [4.78, 5) is 12.0.